The van der Waals surface area contributed by atoms with Crippen LogP contribution in [0.3, 0.4) is 0 Å². The van der Waals surface area contributed by atoms with Crippen LogP contribution < -0.4 is 14.8 Å². The van der Waals surface area contributed by atoms with Gasteiger partial charge in [0.25, 0.3) is 0 Å². The zero-order valence-electron chi connectivity index (χ0n) is 20.0. The molecule has 3 aromatic rings. The summed E-state index contributed by atoms with van der Waals surface area (Å²) in [5.41, 5.74) is -0.415. The summed E-state index contributed by atoms with van der Waals surface area (Å²) < 4.78 is 75.3. The topological polar surface area (TPSA) is 74.7 Å². The molecule has 0 aliphatic heterocycles. The maximum absolute atomic E-state index is 14.0. The summed E-state index contributed by atoms with van der Waals surface area (Å²) in [6.45, 7) is 3.83. The number of nitrogens with one attached hydrogen (secondary N) is 1. The van der Waals surface area contributed by atoms with Crippen molar-refractivity contribution in [1.82, 2.24) is 9.97 Å². The van der Waals surface area contributed by atoms with Crippen molar-refractivity contribution in [3.05, 3.63) is 53.1 Å². The number of methoxy groups -OCH3 is 3. The molecule has 0 fully saturated rings. The van der Waals surface area contributed by atoms with Gasteiger partial charge in [0.15, 0.2) is 11.5 Å². The maximum atomic E-state index is 14.0. The second kappa shape index (κ2) is 11.0. The number of alkyl halides is 3. The first kappa shape index (κ1) is 26.4. The van der Waals surface area contributed by atoms with E-state index in [4.69, 9.17) is 18.9 Å². The maximum Gasteiger partial charge on any atom is 0.416 e. The van der Waals surface area contributed by atoms with E-state index in [1.807, 2.05) is 0 Å². The summed E-state index contributed by atoms with van der Waals surface area (Å²) in [5.74, 6) is 0.601. The lowest BCUT2D eigenvalue weighted by atomic mass is 10.0. The molecular weight excluding hydrogens is 470 g/mol. The Morgan fingerprint density at radius 2 is 1.63 bits per heavy atom. The Morgan fingerprint density at radius 1 is 0.943 bits per heavy atom. The van der Waals surface area contributed by atoms with Crippen molar-refractivity contribution in [2.24, 2.45) is 0 Å². The van der Waals surface area contributed by atoms with Crippen molar-refractivity contribution < 1.29 is 36.5 Å². The van der Waals surface area contributed by atoms with Crippen LogP contribution in [0.4, 0.5) is 23.4 Å². The average molecular weight is 497 g/mol. The van der Waals surface area contributed by atoms with Gasteiger partial charge in [0, 0.05) is 25.7 Å². The number of nitrogens with zero attached hydrogens (tertiary/aromatic N) is 2. The standard InChI is InChI=1S/C24H27F4N3O4/c1-13(15-6-16(24(26,27)28)8-17(25)7-15)29-23-19-9-22(35-18(11-32-3)12-33-4)21(34-5)10-20(19)30-14(2)31-23/h6-10,13,18H,11-12H2,1-5H3,(H,29,30,31)/t13-/m1/s1. The zero-order valence-corrected chi connectivity index (χ0v) is 20.0. The molecule has 0 saturated carbocycles. The van der Waals surface area contributed by atoms with Crippen LogP contribution >= 0.6 is 0 Å². The highest BCUT2D eigenvalue weighted by molar-refractivity contribution is 5.92. The van der Waals surface area contributed by atoms with Gasteiger partial charge in [-0.3, -0.25) is 0 Å². The minimum atomic E-state index is -4.67. The fourth-order valence-corrected chi connectivity index (χ4v) is 3.60. The minimum Gasteiger partial charge on any atom is -0.493 e. The van der Waals surface area contributed by atoms with Gasteiger partial charge in [0.1, 0.15) is 23.6 Å². The van der Waals surface area contributed by atoms with Crippen LogP contribution in [0.2, 0.25) is 0 Å². The molecule has 0 amide bonds. The van der Waals surface area contributed by atoms with Crippen molar-refractivity contribution in [3.8, 4) is 11.5 Å². The van der Waals surface area contributed by atoms with E-state index in [-0.39, 0.29) is 18.8 Å². The van der Waals surface area contributed by atoms with Crippen molar-refractivity contribution in [1.29, 1.82) is 0 Å². The molecule has 3 rings (SSSR count). The summed E-state index contributed by atoms with van der Waals surface area (Å²) in [7, 11) is 4.58. The van der Waals surface area contributed by atoms with Crippen LogP contribution in [0.25, 0.3) is 10.9 Å². The molecular formula is C24H27F4N3O4. The Balaban J connectivity index is 2.03. The number of benzene rings is 2. The number of hydrogen-bond acceptors (Lipinski definition) is 7. The van der Waals surface area contributed by atoms with Crippen LogP contribution in [0, 0.1) is 12.7 Å². The summed E-state index contributed by atoms with van der Waals surface area (Å²) in [4.78, 5) is 8.86. The number of anilines is 1. The minimum absolute atomic E-state index is 0.118. The number of rotatable bonds is 10. The smallest absolute Gasteiger partial charge is 0.416 e. The molecule has 11 heteroatoms. The first-order valence-corrected chi connectivity index (χ1v) is 10.7. The predicted molar refractivity (Wildman–Crippen MR) is 122 cm³/mol. The Hall–Kier alpha value is -3.18. The van der Waals surface area contributed by atoms with Crippen LogP contribution in [0.5, 0.6) is 11.5 Å². The zero-order chi connectivity index (χ0) is 25.8. The van der Waals surface area contributed by atoms with E-state index >= 15 is 0 Å². The van der Waals surface area contributed by atoms with Gasteiger partial charge >= 0.3 is 6.18 Å². The molecule has 0 bridgehead atoms. The van der Waals surface area contributed by atoms with Crippen LogP contribution in [0.1, 0.15) is 29.9 Å². The van der Waals surface area contributed by atoms with Crippen molar-refractivity contribution in [2.45, 2.75) is 32.2 Å². The third kappa shape index (κ3) is 6.49. The number of fused-ring (bicyclic) bond motifs is 1. The third-order valence-electron chi connectivity index (χ3n) is 5.19. The van der Waals surface area contributed by atoms with Crippen molar-refractivity contribution >= 4 is 16.7 Å². The molecule has 0 aliphatic carbocycles. The van der Waals surface area contributed by atoms with Crippen molar-refractivity contribution in [3.63, 3.8) is 0 Å². The van der Waals surface area contributed by atoms with E-state index in [0.29, 0.717) is 40.1 Å². The van der Waals surface area contributed by atoms with Gasteiger partial charge in [-0.2, -0.15) is 13.2 Å². The fraction of sp³-hybridized carbons (Fsp3) is 0.417. The van der Waals surface area contributed by atoms with E-state index in [1.54, 1.807) is 40.2 Å². The van der Waals surface area contributed by atoms with E-state index in [2.05, 4.69) is 15.3 Å². The first-order valence-electron chi connectivity index (χ1n) is 10.7. The van der Waals surface area contributed by atoms with Gasteiger partial charge in [-0.25, -0.2) is 14.4 Å². The Bertz CT molecular complexity index is 1170. The van der Waals surface area contributed by atoms with Crippen LogP contribution in [-0.4, -0.2) is 50.6 Å². The van der Waals surface area contributed by atoms with Gasteiger partial charge in [-0.15, -0.1) is 0 Å². The lowest BCUT2D eigenvalue weighted by Gasteiger charge is -2.21. The second-order valence-electron chi connectivity index (χ2n) is 7.93. The van der Waals surface area contributed by atoms with E-state index in [9.17, 15) is 17.6 Å². The number of halogens is 4. The van der Waals surface area contributed by atoms with Crippen molar-refractivity contribution in [2.75, 3.05) is 39.9 Å². The molecule has 190 valence electrons. The Kier molecular flexibility index (Phi) is 8.34. The van der Waals surface area contributed by atoms with E-state index < -0.39 is 29.7 Å². The number of aryl methyl sites for hydroxylation is 1. The average Bonchev–Trinajstić information content (AvgIpc) is 2.78. The number of hydrogen-bond donors (Lipinski definition) is 1. The van der Waals surface area contributed by atoms with Gasteiger partial charge in [0.05, 0.1) is 37.4 Å². The SMILES string of the molecule is COCC(COC)Oc1cc2c(N[C@H](C)c3cc(F)cc(C(F)(F)F)c3)nc(C)nc2cc1OC. The fourth-order valence-electron chi connectivity index (χ4n) is 3.60. The van der Waals surface area contributed by atoms with Gasteiger partial charge in [0.2, 0.25) is 0 Å². The molecule has 1 atom stereocenters. The molecule has 1 aromatic heterocycles. The lowest BCUT2D eigenvalue weighted by molar-refractivity contribution is -0.137. The summed E-state index contributed by atoms with van der Waals surface area (Å²) in [6.07, 6.45) is -5.09. The van der Waals surface area contributed by atoms with Crippen LogP contribution in [0.15, 0.2) is 30.3 Å². The molecule has 1 N–H and O–H groups in total. The molecule has 35 heavy (non-hydrogen) atoms. The Morgan fingerprint density at radius 3 is 2.23 bits per heavy atom. The molecule has 0 spiro atoms. The molecule has 0 unspecified atom stereocenters. The highest BCUT2D eigenvalue weighted by Crippen LogP contribution is 2.37. The third-order valence-corrected chi connectivity index (χ3v) is 5.19. The van der Waals surface area contributed by atoms with Gasteiger partial charge < -0.3 is 24.3 Å². The number of ether oxygens (including phenoxy) is 4. The largest absolute Gasteiger partial charge is 0.493 e. The molecule has 2 aromatic carbocycles. The lowest BCUT2D eigenvalue weighted by Crippen LogP contribution is -2.27. The predicted octanol–water partition coefficient (Wildman–Crippen LogP) is 5.32. The molecule has 1 heterocycles. The molecule has 0 aliphatic rings. The first-order chi connectivity index (χ1) is 16.5. The molecule has 0 radical (unpaired) electrons. The van der Waals surface area contributed by atoms with Crippen LogP contribution in [-0.2, 0) is 15.7 Å². The van der Waals surface area contributed by atoms with Gasteiger partial charge in [-0.05, 0) is 43.7 Å². The summed E-state index contributed by atoms with van der Waals surface area (Å²) in [5, 5.41) is 3.63. The van der Waals surface area contributed by atoms with Gasteiger partial charge in [-0.1, -0.05) is 0 Å². The monoisotopic (exact) mass is 497 g/mol. The Labute approximate surface area is 200 Å². The highest BCUT2D eigenvalue weighted by atomic mass is 19.4. The number of aromatic nitrogens is 2. The van der Waals surface area contributed by atoms with E-state index in [0.717, 1.165) is 12.1 Å². The summed E-state index contributed by atoms with van der Waals surface area (Å²) in [6, 6.07) is 5.08. The highest BCUT2D eigenvalue weighted by Gasteiger charge is 2.32. The normalized spacial score (nSPS) is 12.7. The molecule has 0 saturated heterocycles. The summed E-state index contributed by atoms with van der Waals surface area (Å²) >= 11 is 0. The molecule has 7 nitrogen and oxygen atoms in total. The van der Waals surface area contributed by atoms with E-state index in [1.165, 1.54) is 7.11 Å². The second-order valence-corrected chi connectivity index (χ2v) is 7.93. The quantitative estimate of drug-likeness (QED) is 0.380.